The Labute approximate surface area is 167 Å². The van der Waals surface area contributed by atoms with Gasteiger partial charge in [0.15, 0.2) is 11.2 Å². The molecule has 6 nitrogen and oxygen atoms in total. The highest BCUT2D eigenvalue weighted by Crippen LogP contribution is 2.29. The number of benzene rings is 2. The van der Waals surface area contributed by atoms with E-state index in [0.717, 1.165) is 17.7 Å². The van der Waals surface area contributed by atoms with E-state index in [1.165, 1.54) is 27.7 Å². The molecule has 0 aliphatic rings. The van der Waals surface area contributed by atoms with E-state index in [2.05, 4.69) is 15.3 Å². The molecular weight excluding hydrogens is 407 g/mol. The highest BCUT2D eigenvalue weighted by atomic mass is 35.5. The van der Waals surface area contributed by atoms with E-state index in [1.54, 1.807) is 12.1 Å². The van der Waals surface area contributed by atoms with Crippen LogP contribution in [-0.2, 0) is 12.7 Å². The van der Waals surface area contributed by atoms with Gasteiger partial charge in [-0.15, -0.1) is 5.10 Å². The quantitative estimate of drug-likeness (QED) is 0.503. The number of hydrogen-bond acceptors (Lipinski definition) is 4. The van der Waals surface area contributed by atoms with Crippen molar-refractivity contribution in [1.29, 1.82) is 0 Å². The highest BCUT2D eigenvalue weighted by Gasteiger charge is 2.29. The van der Waals surface area contributed by atoms with E-state index in [9.17, 15) is 18.0 Å². The van der Waals surface area contributed by atoms with Crippen molar-refractivity contribution in [2.24, 2.45) is 0 Å². The van der Waals surface area contributed by atoms with Gasteiger partial charge in [0.25, 0.3) is 5.56 Å². The first-order valence-electron chi connectivity index (χ1n) is 8.47. The fourth-order valence-electron chi connectivity index (χ4n) is 2.84. The van der Waals surface area contributed by atoms with E-state index in [1.807, 2.05) is 13.0 Å². The summed E-state index contributed by atoms with van der Waals surface area (Å²) in [5, 5.41) is 8.46. The molecule has 4 aromatic rings. The van der Waals surface area contributed by atoms with Crippen LogP contribution in [0.2, 0.25) is 5.02 Å². The van der Waals surface area contributed by atoms with Crippen LogP contribution in [0, 0.1) is 6.92 Å². The summed E-state index contributed by atoms with van der Waals surface area (Å²) >= 11 is 6.15. The smallest absolute Gasteiger partial charge is 0.293 e. The third-order valence-electron chi connectivity index (χ3n) is 4.46. The summed E-state index contributed by atoms with van der Waals surface area (Å²) in [6.45, 7) is 1.92. The lowest BCUT2D eigenvalue weighted by Crippen LogP contribution is -2.21. The van der Waals surface area contributed by atoms with Gasteiger partial charge in [0.2, 0.25) is 0 Å². The van der Waals surface area contributed by atoms with E-state index in [-0.39, 0.29) is 17.7 Å². The molecule has 2 aromatic carbocycles. The normalized spacial score (nSPS) is 11.9. The lowest BCUT2D eigenvalue weighted by Gasteiger charge is -2.09. The number of halogens is 4. The molecule has 0 radical (unpaired) electrons. The molecule has 0 N–H and O–H groups in total. The minimum atomic E-state index is -4.41. The maximum Gasteiger partial charge on any atom is 0.416 e. The first-order valence-corrected chi connectivity index (χ1v) is 8.85. The van der Waals surface area contributed by atoms with Crippen molar-refractivity contribution in [3.63, 3.8) is 0 Å². The largest absolute Gasteiger partial charge is 0.416 e. The molecule has 0 unspecified atom stereocenters. The Morgan fingerprint density at radius 1 is 1.10 bits per heavy atom. The number of fused-ring (bicyclic) bond motifs is 1. The average Bonchev–Trinajstić information content (AvgIpc) is 3.11. The average molecular weight is 420 g/mol. The number of aromatic nitrogens is 5. The van der Waals surface area contributed by atoms with Crippen molar-refractivity contribution in [3.8, 4) is 5.69 Å². The van der Waals surface area contributed by atoms with Gasteiger partial charge in [0, 0.05) is 5.02 Å². The van der Waals surface area contributed by atoms with E-state index < -0.39 is 17.3 Å². The van der Waals surface area contributed by atoms with Crippen LogP contribution in [0.1, 0.15) is 16.7 Å². The Bertz CT molecular complexity index is 1260. The molecule has 2 heterocycles. The monoisotopic (exact) mass is 419 g/mol. The third-order valence-corrected chi connectivity index (χ3v) is 4.87. The Balaban J connectivity index is 1.68. The Morgan fingerprint density at radius 2 is 1.83 bits per heavy atom. The van der Waals surface area contributed by atoms with Crippen LogP contribution in [0.3, 0.4) is 0 Å². The van der Waals surface area contributed by atoms with Gasteiger partial charge in [-0.3, -0.25) is 9.36 Å². The van der Waals surface area contributed by atoms with Gasteiger partial charge < -0.3 is 0 Å². The Kier molecular flexibility index (Phi) is 4.62. The topological polar surface area (TPSA) is 65.6 Å². The fraction of sp³-hybridized carbons (Fsp3) is 0.158. The highest BCUT2D eigenvalue weighted by molar-refractivity contribution is 6.31. The molecule has 10 heteroatoms. The zero-order valence-corrected chi connectivity index (χ0v) is 15.7. The van der Waals surface area contributed by atoms with Crippen molar-refractivity contribution in [2.75, 3.05) is 0 Å². The first kappa shape index (κ1) is 19.1. The van der Waals surface area contributed by atoms with Gasteiger partial charge in [-0.2, -0.15) is 17.9 Å². The van der Waals surface area contributed by atoms with Gasteiger partial charge >= 0.3 is 6.18 Å². The summed E-state index contributed by atoms with van der Waals surface area (Å²) < 4.78 is 40.7. The summed E-state index contributed by atoms with van der Waals surface area (Å²) in [5.41, 5.74) is 1.15. The molecule has 0 aliphatic carbocycles. The number of rotatable bonds is 3. The molecule has 0 spiro atoms. The zero-order valence-electron chi connectivity index (χ0n) is 15.0. The minimum Gasteiger partial charge on any atom is -0.293 e. The van der Waals surface area contributed by atoms with Crippen LogP contribution in [0.25, 0.3) is 16.9 Å². The molecule has 4 rings (SSSR count). The van der Waals surface area contributed by atoms with Crippen LogP contribution in [0.15, 0.2) is 53.6 Å². The predicted octanol–water partition coefficient (Wildman–Crippen LogP) is 4.01. The van der Waals surface area contributed by atoms with Gasteiger partial charge in [-0.25, -0.2) is 4.98 Å². The van der Waals surface area contributed by atoms with Crippen molar-refractivity contribution < 1.29 is 13.2 Å². The summed E-state index contributed by atoms with van der Waals surface area (Å²) in [7, 11) is 0. The summed E-state index contributed by atoms with van der Waals surface area (Å²) in [6.07, 6.45) is -3.09. The Morgan fingerprint density at radius 3 is 2.48 bits per heavy atom. The van der Waals surface area contributed by atoms with E-state index in [4.69, 9.17) is 11.6 Å². The lowest BCUT2D eigenvalue weighted by molar-refractivity contribution is -0.137. The fourth-order valence-corrected chi connectivity index (χ4v) is 3.01. The molecule has 0 saturated heterocycles. The lowest BCUT2D eigenvalue weighted by atomic mass is 10.1. The van der Waals surface area contributed by atoms with Crippen LogP contribution in [0.4, 0.5) is 13.2 Å². The number of aryl methyl sites for hydroxylation is 1. The first-order chi connectivity index (χ1) is 13.7. The van der Waals surface area contributed by atoms with Crippen LogP contribution in [0.5, 0.6) is 0 Å². The van der Waals surface area contributed by atoms with Gasteiger partial charge in [0.05, 0.1) is 17.8 Å². The molecule has 0 bridgehead atoms. The molecule has 0 saturated carbocycles. The van der Waals surface area contributed by atoms with Gasteiger partial charge in [-0.1, -0.05) is 35.0 Å². The van der Waals surface area contributed by atoms with Crippen molar-refractivity contribution in [2.45, 2.75) is 19.6 Å². The maximum atomic E-state index is 12.7. The zero-order chi connectivity index (χ0) is 20.8. The second-order valence-corrected chi connectivity index (χ2v) is 6.89. The second-order valence-electron chi connectivity index (χ2n) is 6.48. The molecule has 0 atom stereocenters. The van der Waals surface area contributed by atoms with E-state index in [0.29, 0.717) is 16.3 Å². The van der Waals surface area contributed by atoms with Crippen molar-refractivity contribution >= 4 is 22.8 Å². The minimum absolute atomic E-state index is 0.0520. The molecular formula is C19H13ClF3N5O. The summed E-state index contributed by atoms with van der Waals surface area (Å²) in [4.78, 5) is 17.0. The van der Waals surface area contributed by atoms with Crippen LogP contribution < -0.4 is 5.56 Å². The Hall–Kier alpha value is -3.20. The maximum absolute atomic E-state index is 12.7. The number of hydrogen-bond donors (Lipinski definition) is 0. The SMILES string of the molecule is Cc1ccc(-n2nnc3c(=O)n(Cc4ccc(C(F)(F)F)cc4)cnc32)cc1Cl. The molecule has 2 aromatic heterocycles. The van der Waals surface area contributed by atoms with E-state index >= 15 is 0 Å². The van der Waals surface area contributed by atoms with Crippen molar-refractivity contribution in [1.82, 2.24) is 24.5 Å². The molecule has 0 aliphatic heterocycles. The second kappa shape index (κ2) is 7.00. The van der Waals surface area contributed by atoms with Crippen LogP contribution in [-0.4, -0.2) is 24.5 Å². The third kappa shape index (κ3) is 3.61. The summed E-state index contributed by atoms with van der Waals surface area (Å²) in [6, 6.07) is 9.89. The summed E-state index contributed by atoms with van der Waals surface area (Å²) in [5.74, 6) is 0. The molecule has 0 fully saturated rings. The van der Waals surface area contributed by atoms with Gasteiger partial charge in [-0.05, 0) is 42.3 Å². The molecule has 148 valence electrons. The predicted molar refractivity (Wildman–Crippen MR) is 101 cm³/mol. The van der Waals surface area contributed by atoms with Crippen LogP contribution >= 0.6 is 11.6 Å². The van der Waals surface area contributed by atoms with Crippen molar-refractivity contribution in [3.05, 3.63) is 80.9 Å². The molecule has 29 heavy (non-hydrogen) atoms. The number of nitrogens with zero attached hydrogens (tertiary/aromatic N) is 5. The number of alkyl halides is 3. The van der Waals surface area contributed by atoms with Gasteiger partial charge in [0.1, 0.15) is 6.33 Å². The molecule has 0 amide bonds. The standard InChI is InChI=1S/C19H13ClF3N5O/c1-11-2-7-14(8-15(11)20)28-17-16(25-26-28)18(29)27(10-24-17)9-12-3-5-13(6-4-12)19(21,22)23/h2-8,10H,9H2,1H3.